The summed E-state index contributed by atoms with van der Waals surface area (Å²) in [4.78, 5) is 24.0. The van der Waals surface area contributed by atoms with Crippen LogP contribution in [0.25, 0.3) is 0 Å². The largest absolute Gasteiger partial charge is 0.481 e. The highest BCUT2D eigenvalue weighted by molar-refractivity contribution is 5.73. The quantitative estimate of drug-likeness (QED) is 0.703. The van der Waals surface area contributed by atoms with Crippen molar-refractivity contribution >= 4 is 11.9 Å². The van der Waals surface area contributed by atoms with E-state index in [1.807, 2.05) is 4.90 Å². The highest BCUT2D eigenvalue weighted by atomic mass is 16.4. The number of hydrogen-bond acceptors (Lipinski definition) is 2. The maximum Gasteiger partial charge on any atom is 0.306 e. The third-order valence-corrected chi connectivity index (χ3v) is 3.84. The number of nitrogens with zero attached hydrogens (tertiary/aromatic N) is 1. The van der Waals surface area contributed by atoms with E-state index < -0.39 is 5.97 Å². The molecule has 2 aliphatic rings. The second kappa shape index (κ2) is 3.83. The molecule has 1 aliphatic heterocycles. The third kappa shape index (κ3) is 1.98. The molecule has 2 rings (SSSR count). The molecular formula is C11H17NO3. The second-order valence-corrected chi connectivity index (χ2v) is 4.79. The Bertz CT molecular complexity index is 278. The molecule has 4 nitrogen and oxygen atoms in total. The molecule has 1 saturated heterocycles. The first-order valence-electron chi connectivity index (χ1n) is 5.56. The van der Waals surface area contributed by atoms with E-state index in [9.17, 15) is 9.59 Å². The fourth-order valence-electron chi connectivity index (χ4n) is 2.91. The molecule has 1 aliphatic carbocycles. The summed E-state index contributed by atoms with van der Waals surface area (Å²) in [5.74, 6) is 0.234. The summed E-state index contributed by atoms with van der Waals surface area (Å²) >= 11 is 0. The Hall–Kier alpha value is -1.06. The molecule has 0 spiro atoms. The fourth-order valence-corrected chi connectivity index (χ4v) is 2.91. The number of fused-ring (bicyclic) bond motifs is 1. The van der Waals surface area contributed by atoms with Crippen LogP contribution in [0.4, 0.5) is 0 Å². The summed E-state index contributed by atoms with van der Waals surface area (Å²) in [5, 5.41) is 8.95. The minimum absolute atomic E-state index is 0.122. The lowest BCUT2D eigenvalue weighted by molar-refractivity contribution is -0.143. The van der Waals surface area contributed by atoms with Crippen molar-refractivity contribution in [1.29, 1.82) is 0 Å². The van der Waals surface area contributed by atoms with Crippen LogP contribution in [0.15, 0.2) is 0 Å². The smallest absolute Gasteiger partial charge is 0.306 e. The molecule has 84 valence electrons. The van der Waals surface area contributed by atoms with Crippen molar-refractivity contribution in [2.24, 2.45) is 17.8 Å². The number of amides is 1. The van der Waals surface area contributed by atoms with Gasteiger partial charge in [-0.15, -0.1) is 0 Å². The predicted molar refractivity (Wildman–Crippen MR) is 54.2 cm³/mol. The number of aliphatic carboxylic acids is 1. The Balaban J connectivity index is 1.98. The van der Waals surface area contributed by atoms with Crippen molar-refractivity contribution in [1.82, 2.24) is 4.90 Å². The van der Waals surface area contributed by atoms with Gasteiger partial charge in [0.1, 0.15) is 0 Å². The molecule has 1 N–H and O–H groups in total. The zero-order valence-corrected chi connectivity index (χ0v) is 8.98. The zero-order chi connectivity index (χ0) is 11.0. The molecule has 0 radical (unpaired) electrons. The van der Waals surface area contributed by atoms with E-state index in [-0.39, 0.29) is 11.8 Å². The molecule has 0 aromatic heterocycles. The van der Waals surface area contributed by atoms with Gasteiger partial charge < -0.3 is 10.0 Å². The lowest BCUT2D eigenvalue weighted by Gasteiger charge is -2.27. The molecule has 4 heteroatoms. The number of carboxylic acid groups (broad SMARTS) is 1. The summed E-state index contributed by atoms with van der Waals surface area (Å²) in [5.41, 5.74) is 0. The van der Waals surface area contributed by atoms with Gasteiger partial charge in [0.25, 0.3) is 0 Å². The van der Waals surface area contributed by atoms with Crippen molar-refractivity contribution in [3.05, 3.63) is 0 Å². The SMILES string of the molecule is CC(=O)N1CC2CCC(C(=O)O)CC2C1. The van der Waals surface area contributed by atoms with Crippen LogP contribution < -0.4 is 0 Å². The maximum atomic E-state index is 11.2. The summed E-state index contributed by atoms with van der Waals surface area (Å²) < 4.78 is 0. The van der Waals surface area contributed by atoms with Gasteiger partial charge >= 0.3 is 5.97 Å². The average Bonchev–Trinajstić information content (AvgIpc) is 2.59. The maximum absolute atomic E-state index is 11.2. The second-order valence-electron chi connectivity index (χ2n) is 4.79. The number of rotatable bonds is 1. The summed E-state index contributed by atoms with van der Waals surface area (Å²) in [7, 11) is 0. The molecule has 1 saturated carbocycles. The van der Waals surface area contributed by atoms with Gasteiger partial charge in [-0.05, 0) is 31.1 Å². The van der Waals surface area contributed by atoms with Crippen LogP contribution in [0.5, 0.6) is 0 Å². The van der Waals surface area contributed by atoms with Crippen LogP contribution in [0.1, 0.15) is 26.2 Å². The molecule has 3 unspecified atom stereocenters. The summed E-state index contributed by atoms with van der Waals surface area (Å²) in [6, 6.07) is 0. The van der Waals surface area contributed by atoms with E-state index in [0.717, 1.165) is 32.4 Å². The Labute approximate surface area is 89.3 Å². The Kier molecular flexibility index (Phi) is 2.67. The molecule has 15 heavy (non-hydrogen) atoms. The fraction of sp³-hybridized carbons (Fsp3) is 0.818. The van der Waals surface area contributed by atoms with Gasteiger partial charge in [-0.25, -0.2) is 0 Å². The minimum Gasteiger partial charge on any atom is -0.481 e. The van der Waals surface area contributed by atoms with Crippen LogP contribution in [-0.4, -0.2) is 35.0 Å². The van der Waals surface area contributed by atoms with Gasteiger partial charge in [0.2, 0.25) is 5.91 Å². The van der Waals surface area contributed by atoms with Crippen molar-refractivity contribution in [3.63, 3.8) is 0 Å². The Morgan fingerprint density at radius 2 is 1.87 bits per heavy atom. The molecule has 2 fully saturated rings. The van der Waals surface area contributed by atoms with Crippen molar-refractivity contribution in [3.8, 4) is 0 Å². The number of hydrogen-bond donors (Lipinski definition) is 1. The van der Waals surface area contributed by atoms with Crippen LogP contribution in [0.2, 0.25) is 0 Å². The predicted octanol–water partition coefficient (Wildman–Crippen LogP) is 0.966. The highest BCUT2D eigenvalue weighted by Gasteiger charge is 2.40. The van der Waals surface area contributed by atoms with Crippen molar-refractivity contribution in [2.75, 3.05) is 13.1 Å². The first kappa shape index (κ1) is 10.5. The first-order chi connectivity index (χ1) is 7.08. The van der Waals surface area contributed by atoms with E-state index in [0.29, 0.717) is 11.8 Å². The van der Waals surface area contributed by atoms with E-state index in [1.54, 1.807) is 6.92 Å². The van der Waals surface area contributed by atoms with Crippen LogP contribution in [0, 0.1) is 17.8 Å². The van der Waals surface area contributed by atoms with Gasteiger partial charge in [0.05, 0.1) is 5.92 Å². The van der Waals surface area contributed by atoms with Crippen molar-refractivity contribution < 1.29 is 14.7 Å². The normalized spacial score (nSPS) is 35.0. The highest BCUT2D eigenvalue weighted by Crippen LogP contribution is 2.38. The van der Waals surface area contributed by atoms with Gasteiger partial charge in [0, 0.05) is 20.0 Å². The average molecular weight is 211 g/mol. The first-order valence-corrected chi connectivity index (χ1v) is 5.56. The number of carboxylic acids is 1. The van der Waals surface area contributed by atoms with Crippen LogP contribution in [-0.2, 0) is 9.59 Å². The lowest BCUT2D eigenvalue weighted by Crippen LogP contribution is -2.28. The van der Waals surface area contributed by atoms with Crippen LogP contribution in [0.3, 0.4) is 0 Å². The van der Waals surface area contributed by atoms with Gasteiger partial charge in [-0.2, -0.15) is 0 Å². The van der Waals surface area contributed by atoms with E-state index in [4.69, 9.17) is 5.11 Å². The Morgan fingerprint density at radius 1 is 1.20 bits per heavy atom. The standard InChI is InChI=1S/C11H17NO3/c1-7(13)12-5-9-3-2-8(11(14)15)4-10(9)6-12/h8-10H,2-6H2,1H3,(H,14,15). The zero-order valence-electron chi connectivity index (χ0n) is 8.98. The molecule has 3 atom stereocenters. The van der Waals surface area contributed by atoms with Crippen molar-refractivity contribution in [2.45, 2.75) is 26.2 Å². The minimum atomic E-state index is -0.672. The molecular weight excluding hydrogens is 194 g/mol. The molecule has 1 amide bonds. The number of carbonyl (C=O) groups excluding carboxylic acids is 1. The monoisotopic (exact) mass is 211 g/mol. The molecule has 0 bridgehead atoms. The molecule has 1 heterocycles. The van der Waals surface area contributed by atoms with E-state index in [2.05, 4.69) is 0 Å². The third-order valence-electron chi connectivity index (χ3n) is 3.84. The Morgan fingerprint density at radius 3 is 2.47 bits per heavy atom. The van der Waals surface area contributed by atoms with Crippen LogP contribution >= 0.6 is 0 Å². The van der Waals surface area contributed by atoms with E-state index >= 15 is 0 Å². The van der Waals surface area contributed by atoms with E-state index in [1.165, 1.54) is 0 Å². The van der Waals surface area contributed by atoms with Gasteiger partial charge in [0.15, 0.2) is 0 Å². The lowest BCUT2D eigenvalue weighted by atomic mass is 9.76. The topological polar surface area (TPSA) is 57.6 Å². The molecule has 0 aromatic carbocycles. The van der Waals surface area contributed by atoms with Gasteiger partial charge in [-0.3, -0.25) is 9.59 Å². The molecule has 0 aromatic rings. The summed E-state index contributed by atoms with van der Waals surface area (Å²) in [6.45, 7) is 3.20. The summed E-state index contributed by atoms with van der Waals surface area (Å²) in [6.07, 6.45) is 2.50. The number of carbonyl (C=O) groups is 2. The number of likely N-dealkylation sites (tertiary alicyclic amines) is 1. The van der Waals surface area contributed by atoms with Gasteiger partial charge in [-0.1, -0.05) is 0 Å².